The van der Waals surface area contributed by atoms with Gasteiger partial charge in [0.2, 0.25) is 17.7 Å². The highest BCUT2D eigenvalue weighted by Gasteiger charge is 2.31. The number of ether oxygens (including phenoxy) is 1. The zero-order chi connectivity index (χ0) is 48.7. The molecule has 1 aromatic rings. The summed E-state index contributed by atoms with van der Waals surface area (Å²) in [4.78, 5) is 111. The van der Waals surface area contributed by atoms with E-state index < -0.39 is 86.4 Å². The lowest BCUT2D eigenvalue weighted by Gasteiger charge is -2.36. The third kappa shape index (κ3) is 20.4. The lowest BCUT2D eigenvalue weighted by atomic mass is 9.92. The SMILES string of the molecule is CC(C(=O)NCC(=O)OCCC#Cc1cncc([C@H](CC(=O)O)NC(=O)[C@@H]2CCCN(C(=O)CCC3CCNCC3)C2)c1)N1CCN(CC(=O)[O-])CCN(CC(=O)[O-])CCN(CC(=O)[O-])CC1. The molecule has 370 valence electrons. The standard InChI is InChI=1S/C45H67N9O13/c1-32(53-20-18-51(30-41(60)61)16-14-50(29-40(58)59)15-17-52(19-21-53)31-42(62)63)44(65)48-27-43(64)67-22-3-2-5-34-23-36(26-47-25-34)37(24-39(56)57)49-45(66)35-6-4-13-54(28-35)38(55)8-7-33-9-11-46-12-10-33/h23,25-26,32-33,35,37,46H,3-4,6-22,24,27-31H2,1H3,(H,48,65)(H,49,66)(H,56,57)(H,58,59)(H,60,61)(H,62,63)/p-3/t32?,35-,37+/m1/s1. The lowest BCUT2D eigenvalue weighted by molar-refractivity contribution is -0.308. The number of carbonyl (C=O) groups is 8. The zero-order valence-corrected chi connectivity index (χ0v) is 38.2. The predicted octanol–water partition coefficient (Wildman–Crippen LogP) is -5.01. The third-order valence-electron chi connectivity index (χ3n) is 12.2. The zero-order valence-electron chi connectivity index (χ0n) is 38.2. The Bertz CT molecular complexity index is 1890. The molecule has 3 atom stereocenters. The van der Waals surface area contributed by atoms with Crippen LogP contribution in [0.5, 0.6) is 0 Å². The summed E-state index contributed by atoms with van der Waals surface area (Å²) in [6, 6.07) is -0.117. The van der Waals surface area contributed by atoms with Crippen LogP contribution in [-0.2, 0) is 43.1 Å². The smallest absolute Gasteiger partial charge is 0.325 e. The minimum absolute atomic E-state index is 0.0356. The highest BCUT2D eigenvalue weighted by Crippen LogP contribution is 2.24. The Morgan fingerprint density at radius 3 is 2.03 bits per heavy atom. The average molecular weight is 939 g/mol. The van der Waals surface area contributed by atoms with Gasteiger partial charge in [-0.25, -0.2) is 0 Å². The van der Waals surface area contributed by atoms with Crippen molar-refractivity contribution in [3.63, 3.8) is 0 Å². The Hall–Kier alpha value is -5.73. The Labute approximate surface area is 390 Å². The number of esters is 1. The number of carbonyl (C=O) groups excluding carboxylic acids is 7. The number of rotatable bonds is 20. The molecule has 0 aromatic carbocycles. The maximum absolute atomic E-state index is 13.5. The number of carboxylic acid groups (broad SMARTS) is 4. The second kappa shape index (κ2) is 28.4. The van der Waals surface area contributed by atoms with Crippen LogP contribution in [0.4, 0.5) is 0 Å². The van der Waals surface area contributed by atoms with E-state index >= 15 is 0 Å². The molecule has 0 spiro atoms. The molecule has 0 bridgehead atoms. The van der Waals surface area contributed by atoms with Crippen LogP contribution in [0, 0.1) is 23.7 Å². The van der Waals surface area contributed by atoms with Crippen LogP contribution in [0.3, 0.4) is 0 Å². The van der Waals surface area contributed by atoms with Crippen molar-refractivity contribution in [2.75, 3.05) is 111 Å². The summed E-state index contributed by atoms with van der Waals surface area (Å²) in [6.07, 6.45) is 7.25. The van der Waals surface area contributed by atoms with E-state index in [2.05, 4.69) is 32.8 Å². The van der Waals surface area contributed by atoms with Gasteiger partial charge in [-0.1, -0.05) is 11.8 Å². The maximum atomic E-state index is 13.5. The number of carboxylic acids is 4. The number of piperidine rings is 2. The first-order valence-electron chi connectivity index (χ1n) is 22.9. The van der Waals surface area contributed by atoms with Crippen LogP contribution in [0.2, 0.25) is 0 Å². The number of aliphatic carboxylic acids is 4. The average Bonchev–Trinajstić information content (AvgIpc) is 3.29. The van der Waals surface area contributed by atoms with Gasteiger partial charge in [-0.3, -0.25) is 48.6 Å². The summed E-state index contributed by atoms with van der Waals surface area (Å²) in [7, 11) is 0. The van der Waals surface area contributed by atoms with Crippen LogP contribution >= 0.6 is 0 Å². The van der Waals surface area contributed by atoms with Gasteiger partial charge in [-0.15, -0.1) is 0 Å². The van der Waals surface area contributed by atoms with Crippen molar-refractivity contribution >= 4 is 47.6 Å². The molecular formula is C45H64N9O13-3. The van der Waals surface area contributed by atoms with E-state index in [1.54, 1.807) is 32.6 Å². The molecule has 1 aromatic heterocycles. The fourth-order valence-corrected chi connectivity index (χ4v) is 8.37. The normalized spacial score (nSPS) is 19.5. The maximum Gasteiger partial charge on any atom is 0.325 e. The van der Waals surface area contributed by atoms with Crippen LogP contribution in [0.15, 0.2) is 18.5 Å². The quantitative estimate of drug-likeness (QED) is 0.0541. The fourth-order valence-electron chi connectivity index (χ4n) is 8.37. The van der Waals surface area contributed by atoms with Crippen molar-refractivity contribution in [1.82, 2.24) is 45.4 Å². The number of hydrogen-bond acceptors (Lipinski definition) is 18. The number of nitrogens with one attached hydrogen (secondary N) is 3. The van der Waals surface area contributed by atoms with Gasteiger partial charge in [-0.2, -0.15) is 0 Å². The molecule has 4 rings (SSSR count). The third-order valence-corrected chi connectivity index (χ3v) is 12.2. The summed E-state index contributed by atoms with van der Waals surface area (Å²) < 4.78 is 5.25. The first-order valence-corrected chi connectivity index (χ1v) is 22.9. The monoisotopic (exact) mass is 938 g/mol. The first-order chi connectivity index (χ1) is 32.1. The Balaban J connectivity index is 1.26. The lowest BCUT2D eigenvalue weighted by Crippen LogP contribution is -2.54. The molecule has 3 amide bonds. The van der Waals surface area contributed by atoms with Crippen molar-refractivity contribution in [3.05, 3.63) is 29.6 Å². The van der Waals surface area contributed by atoms with E-state index in [4.69, 9.17) is 4.74 Å². The summed E-state index contributed by atoms with van der Waals surface area (Å²) >= 11 is 0. The largest absolute Gasteiger partial charge is 0.549 e. The molecule has 4 N–H and O–H groups in total. The van der Waals surface area contributed by atoms with Crippen molar-refractivity contribution < 1.29 is 63.5 Å². The van der Waals surface area contributed by atoms with E-state index in [1.165, 1.54) is 17.3 Å². The van der Waals surface area contributed by atoms with E-state index in [9.17, 15) is 58.8 Å². The van der Waals surface area contributed by atoms with Crippen LogP contribution in [-0.4, -0.2) is 200 Å². The van der Waals surface area contributed by atoms with Crippen molar-refractivity contribution in [2.24, 2.45) is 11.8 Å². The van der Waals surface area contributed by atoms with Gasteiger partial charge < -0.3 is 60.4 Å². The molecule has 4 heterocycles. The van der Waals surface area contributed by atoms with E-state index in [-0.39, 0.29) is 83.7 Å². The second-order valence-corrected chi connectivity index (χ2v) is 17.2. The molecular weight excluding hydrogens is 875 g/mol. The van der Waals surface area contributed by atoms with E-state index in [0.717, 1.165) is 32.4 Å². The Morgan fingerprint density at radius 2 is 1.45 bits per heavy atom. The number of aromatic nitrogens is 1. The molecule has 0 radical (unpaired) electrons. The van der Waals surface area contributed by atoms with E-state index in [1.807, 2.05) is 0 Å². The molecule has 3 aliphatic heterocycles. The summed E-state index contributed by atoms with van der Waals surface area (Å²) in [5.74, 6) is -0.913. The fraction of sp³-hybridized carbons (Fsp3) is 0.667. The number of likely N-dealkylation sites (tertiary alicyclic amines) is 1. The number of pyridine rings is 1. The van der Waals surface area contributed by atoms with Gasteiger partial charge in [0.05, 0.1) is 42.3 Å². The van der Waals surface area contributed by atoms with Crippen molar-refractivity contribution in [1.29, 1.82) is 0 Å². The highest BCUT2D eigenvalue weighted by molar-refractivity contribution is 5.85. The van der Waals surface area contributed by atoms with Crippen LogP contribution in [0.1, 0.15) is 75.5 Å². The summed E-state index contributed by atoms with van der Waals surface area (Å²) in [6.45, 7) is 3.68. The number of nitrogens with zero attached hydrogens (tertiary/aromatic N) is 6. The molecule has 3 aliphatic rings. The summed E-state index contributed by atoms with van der Waals surface area (Å²) in [5.41, 5.74) is 0.868. The number of amides is 3. The Morgan fingerprint density at radius 1 is 0.851 bits per heavy atom. The second-order valence-electron chi connectivity index (χ2n) is 17.2. The summed E-state index contributed by atoms with van der Waals surface area (Å²) in [5, 5.41) is 52.7. The highest BCUT2D eigenvalue weighted by atomic mass is 16.5. The van der Waals surface area contributed by atoms with Crippen molar-refractivity contribution in [3.8, 4) is 11.8 Å². The minimum atomic E-state index is -1.34. The van der Waals surface area contributed by atoms with Gasteiger partial charge in [0, 0.05) is 116 Å². The minimum Gasteiger partial charge on any atom is -0.549 e. The molecule has 3 saturated heterocycles. The van der Waals surface area contributed by atoms with Crippen molar-refractivity contribution in [2.45, 2.75) is 70.4 Å². The predicted molar refractivity (Wildman–Crippen MR) is 232 cm³/mol. The van der Waals surface area contributed by atoms with Gasteiger partial charge in [0.15, 0.2) is 0 Å². The number of hydrogen-bond donors (Lipinski definition) is 4. The molecule has 22 nitrogen and oxygen atoms in total. The molecule has 67 heavy (non-hydrogen) atoms. The van der Waals surface area contributed by atoms with Gasteiger partial charge in [0.25, 0.3) is 0 Å². The topological polar surface area (TPSA) is 300 Å². The molecule has 1 unspecified atom stereocenters. The van der Waals surface area contributed by atoms with Gasteiger partial charge in [0.1, 0.15) is 13.2 Å². The molecule has 0 aliphatic carbocycles. The first kappa shape index (κ1) is 53.9. The van der Waals surface area contributed by atoms with Crippen LogP contribution < -0.4 is 31.3 Å². The van der Waals surface area contributed by atoms with Gasteiger partial charge >= 0.3 is 11.9 Å². The van der Waals surface area contributed by atoms with Gasteiger partial charge in [-0.05, 0) is 69.7 Å². The molecule has 0 saturated carbocycles. The molecule has 22 heteroatoms. The van der Waals surface area contributed by atoms with Crippen LogP contribution in [0.25, 0.3) is 0 Å². The Kier molecular flexibility index (Phi) is 22.9. The van der Waals surface area contributed by atoms with E-state index in [0.29, 0.717) is 42.9 Å². The molecule has 3 fully saturated rings.